The Balaban J connectivity index is 4.40. The molecule has 0 aromatic carbocycles. The average Bonchev–Trinajstić information content (AvgIpc) is 3.33. The van der Waals surface area contributed by atoms with E-state index in [9.17, 15) is 14.4 Å². The molecule has 0 aliphatic rings. The van der Waals surface area contributed by atoms with E-state index in [0.717, 1.165) is 135 Å². The molecule has 1 atom stereocenters. The molecule has 6 nitrogen and oxygen atoms in total. The third-order valence-corrected chi connectivity index (χ3v) is 11.6. The number of hydrogen-bond acceptors (Lipinski definition) is 6. The first-order chi connectivity index (χ1) is 33.0. The molecule has 0 aliphatic heterocycles. The molecule has 0 aliphatic carbocycles. The highest BCUT2D eigenvalue weighted by molar-refractivity contribution is 5.71. The largest absolute Gasteiger partial charge is 0.462 e. The molecule has 0 aromatic rings. The van der Waals surface area contributed by atoms with Crippen LogP contribution >= 0.6 is 0 Å². The Bertz CT molecular complexity index is 1350. The zero-order chi connectivity index (χ0) is 48.6. The topological polar surface area (TPSA) is 78.9 Å². The minimum Gasteiger partial charge on any atom is -0.462 e. The molecule has 0 N–H and O–H groups in total. The van der Waals surface area contributed by atoms with Gasteiger partial charge in [0.2, 0.25) is 0 Å². The zero-order valence-electron chi connectivity index (χ0n) is 43.6. The monoisotopic (exact) mass is 931 g/mol. The second-order valence-corrected chi connectivity index (χ2v) is 18.1. The standard InChI is InChI=1S/C61H102O6/c1-4-7-10-13-16-19-22-25-27-28-29-30-31-32-34-36-39-42-45-48-51-54-60(63)66-57-58(56-65-59(62)53-50-47-44-41-38-35-24-21-18-15-12-9-6-3)67-61(64)55-52-49-46-43-40-37-33-26-23-20-17-14-11-8-5-2/h7-8,10-11,16-17,19-21,24-27,29-30,33,58H,4-6,9,12-15,18,22-23,28,31-32,34-57H2,1-3H3/b10-7-,11-8-,19-16-,20-17-,24-21-,27-25-,30-29-,33-26-. The van der Waals surface area contributed by atoms with Gasteiger partial charge in [-0.05, 0) is 116 Å². The normalized spacial score (nSPS) is 12.8. The Kier molecular flexibility index (Phi) is 51.9. The fourth-order valence-corrected chi connectivity index (χ4v) is 7.44. The third-order valence-electron chi connectivity index (χ3n) is 11.6. The number of rotatable bonds is 49. The smallest absolute Gasteiger partial charge is 0.306 e. The number of allylic oxidation sites excluding steroid dienone is 16. The maximum absolute atomic E-state index is 12.8. The van der Waals surface area contributed by atoms with E-state index in [0.29, 0.717) is 19.3 Å². The Hall–Kier alpha value is -3.67. The minimum absolute atomic E-state index is 0.0920. The minimum atomic E-state index is -0.794. The van der Waals surface area contributed by atoms with E-state index in [1.165, 1.54) is 77.0 Å². The fourth-order valence-electron chi connectivity index (χ4n) is 7.44. The van der Waals surface area contributed by atoms with Crippen molar-refractivity contribution in [2.75, 3.05) is 13.2 Å². The van der Waals surface area contributed by atoms with E-state index < -0.39 is 6.10 Å². The van der Waals surface area contributed by atoms with Gasteiger partial charge >= 0.3 is 17.9 Å². The molecule has 0 bridgehead atoms. The molecule has 0 saturated carbocycles. The highest BCUT2D eigenvalue weighted by Gasteiger charge is 2.19. The lowest BCUT2D eigenvalue weighted by molar-refractivity contribution is -0.167. The number of esters is 3. The van der Waals surface area contributed by atoms with Crippen molar-refractivity contribution in [2.24, 2.45) is 0 Å². The quantitative estimate of drug-likeness (QED) is 0.0262. The summed E-state index contributed by atoms with van der Waals surface area (Å²) in [5, 5.41) is 0. The van der Waals surface area contributed by atoms with Crippen LogP contribution in [-0.4, -0.2) is 37.2 Å². The summed E-state index contributed by atoms with van der Waals surface area (Å²) >= 11 is 0. The summed E-state index contributed by atoms with van der Waals surface area (Å²) in [6, 6.07) is 0. The van der Waals surface area contributed by atoms with Gasteiger partial charge < -0.3 is 14.2 Å². The molecule has 1 unspecified atom stereocenters. The van der Waals surface area contributed by atoms with Gasteiger partial charge in [-0.3, -0.25) is 14.4 Å². The van der Waals surface area contributed by atoms with Gasteiger partial charge in [0.25, 0.3) is 0 Å². The second-order valence-electron chi connectivity index (χ2n) is 18.1. The van der Waals surface area contributed by atoms with Crippen LogP contribution in [0.1, 0.15) is 252 Å². The van der Waals surface area contributed by atoms with E-state index >= 15 is 0 Å². The van der Waals surface area contributed by atoms with Crippen LogP contribution < -0.4 is 0 Å². The van der Waals surface area contributed by atoms with Crippen molar-refractivity contribution in [3.63, 3.8) is 0 Å². The van der Waals surface area contributed by atoms with E-state index in [-0.39, 0.29) is 31.1 Å². The molecule has 0 saturated heterocycles. The summed E-state index contributed by atoms with van der Waals surface area (Å²) in [6.07, 6.45) is 72.5. The van der Waals surface area contributed by atoms with Crippen molar-refractivity contribution in [3.05, 3.63) is 97.2 Å². The molecule has 0 radical (unpaired) electrons. The van der Waals surface area contributed by atoms with Gasteiger partial charge in [0.05, 0.1) is 0 Å². The molecule has 0 spiro atoms. The van der Waals surface area contributed by atoms with Crippen LogP contribution in [0.2, 0.25) is 0 Å². The first kappa shape index (κ1) is 63.3. The Morgan fingerprint density at radius 1 is 0.313 bits per heavy atom. The molecule has 6 heteroatoms. The first-order valence-corrected chi connectivity index (χ1v) is 27.7. The van der Waals surface area contributed by atoms with Gasteiger partial charge in [-0.25, -0.2) is 0 Å². The molecule has 0 rings (SSSR count). The predicted molar refractivity (Wildman–Crippen MR) is 288 cm³/mol. The van der Waals surface area contributed by atoms with Crippen molar-refractivity contribution in [1.82, 2.24) is 0 Å². The highest BCUT2D eigenvalue weighted by atomic mass is 16.6. The van der Waals surface area contributed by atoms with Crippen molar-refractivity contribution < 1.29 is 28.6 Å². The lowest BCUT2D eigenvalue weighted by atomic mass is 10.1. The number of unbranched alkanes of at least 4 members (excludes halogenated alkanes) is 22. The molecule has 0 fully saturated rings. The maximum atomic E-state index is 12.8. The summed E-state index contributed by atoms with van der Waals surface area (Å²) in [4.78, 5) is 38.1. The molecular weight excluding hydrogens is 829 g/mol. The predicted octanol–water partition coefficient (Wildman–Crippen LogP) is 18.5. The van der Waals surface area contributed by atoms with Crippen LogP contribution in [-0.2, 0) is 28.6 Å². The molecule has 0 heterocycles. The molecule has 382 valence electrons. The van der Waals surface area contributed by atoms with Gasteiger partial charge in [-0.1, -0.05) is 214 Å². The average molecular weight is 931 g/mol. The summed E-state index contributed by atoms with van der Waals surface area (Å²) in [5.41, 5.74) is 0. The first-order valence-electron chi connectivity index (χ1n) is 27.7. The van der Waals surface area contributed by atoms with Crippen LogP contribution in [0.3, 0.4) is 0 Å². The SMILES string of the molecule is CC/C=C\C/C=C\C/C=C\C/C=C\CCCCCCCCCCC(=O)OCC(COC(=O)CCCCCCC/C=C\CCCCCC)OC(=O)CCCCCCC/C=C\C/C=C\C/C=C\CC. The zero-order valence-corrected chi connectivity index (χ0v) is 43.6. The molecule has 0 amide bonds. The molecule has 67 heavy (non-hydrogen) atoms. The van der Waals surface area contributed by atoms with Crippen LogP contribution in [0, 0.1) is 0 Å². The van der Waals surface area contributed by atoms with Crippen molar-refractivity contribution in [2.45, 2.75) is 258 Å². The summed E-state index contributed by atoms with van der Waals surface area (Å²) in [6.45, 7) is 6.37. The lowest BCUT2D eigenvalue weighted by Crippen LogP contribution is -2.30. The number of carbonyl (C=O) groups excluding carboxylic acids is 3. The third kappa shape index (κ3) is 53.2. The Morgan fingerprint density at radius 2 is 0.582 bits per heavy atom. The second kappa shape index (κ2) is 54.9. The summed E-state index contributed by atoms with van der Waals surface area (Å²) in [7, 11) is 0. The van der Waals surface area contributed by atoms with Crippen LogP contribution in [0.4, 0.5) is 0 Å². The maximum Gasteiger partial charge on any atom is 0.306 e. The van der Waals surface area contributed by atoms with Crippen LogP contribution in [0.25, 0.3) is 0 Å². The number of carbonyl (C=O) groups is 3. The van der Waals surface area contributed by atoms with Gasteiger partial charge in [0.15, 0.2) is 6.10 Å². The van der Waals surface area contributed by atoms with Crippen molar-refractivity contribution in [1.29, 1.82) is 0 Å². The molecule has 0 aromatic heterocycles. The van der Waals surface area contributed by atoms with Crippen LogP contribution in [0.15, 0.2) is 97.2 Å². The van der Waals surface area contributed by atoms with Gasteiger partial charge in [0.1, 0.15) is 13.2 Å². The van der Waals surface area contributed by atoms with E-state index in [1.807, 2.05) is 0 Å². The summed E-state index contributed by atoms with van der Waals surface area (Å²) < 4.78 is 16.8. The number of ether oxygens (including phenoxy) is 3. The van der Waals surface area contributed by atoms with E-state index in [1.54, 1.807) is 0 Å². The van der Waals surface area contributed by atoms with Crippen LogP contribution in [0.5, 0.6) is 0 Å². The highest BCUT2D eigenvalue weighted by Crippen LogP contribution is 2.14. The fraction of sp³-hybridized carbons (Fsp3) is 0.689. The van der Waals surface area contributed by atoms with Gasteiger partial charge in [0, 0.05) is 19.3 Å². The molecular formula is C61H102O6. The van der Waals surface area contributed by atoms with E-state index in [2.05, 4.69) is 118 Å². The van der Waals surface area contributed by atoms with E-state index in [4.69, 9.17) is 14.2 Å². The lowest BCUT2D eigenvalue weighted by Gasteiger charge is -2.18. The van der Waals surface area contributed by atoms with Crippen molar-refractivity contribution in [3.8, 4) is 0 Å². The van der Waals surface area contributed by atoms with Crippen molar-refractivity contribution >= 4 is 17.9 Å². The van der Waals surface area contributed by atoms with Gasteiger partial charge in [-0.15, -0.1) is 0 Å². The Morgan fingerprint density at radius 3 is 0.925 bits per heavy atom. The number of hydrogen-bond donors (Lipinski definition) is 0. The van der Waals surface area contributed by atoms with Gasteiger partial charge in [-0.2, -0.15) is 0 Å². The summed E-state index contributed by atoms with van der Waals surface area (Å²) in [5.74, 6) is -0.924. The Labute approximate surface area is 413 Å².